The van der Waals surface area contributed by atoms with Gasteiger partial charge < -0.3 is 5.73 Å². The molecular formula is C13H12N4O2. The number of azo groups is 1. The van der Waals surface area contributed by atoms with E-state index in [1.165, 1.54) is 12.1 Å². The quantitative estimate of drug-likeness (QED) is 0.390. The fourth-order valence-electron chi connectivity index (χ4n) is 1.52. The topological polar surface area (TPSA) is 93.9 Å². The van der Waals surface area contributed by atoms with Gasteiger partial charge in [-0.3, -0.25) is 10.1 Å². The first kappa shape index (κ1) is 12.7. The van der Waals surface area contributed by atoms with Gasteiger partial charge >= 0.3 is 0 Å². The van der Waals surface area contributed by atoms with Crippen molar-refractivity contribution < 1.29 is 4.92 Å². The van der Waals surface area contributed by atoms with Crippen LogP contribution in [0.25, 0.3) is 0 Å². The third kappa shape index (κ3) is 3.12. The molecule has 0 heterocycles. The molecule has 6 nitrogen and oxygen atoms in total. The van der Waals surface area contributed by atoms with E-state index in [9.17, 15) is 10.1 Å². The Bertz CT molecular complexity index is 636. The predicted octanol–water partition coefficient (Wildman–Crippen LogP) is 3.90. The van der Waals surface area contributed by atoms with Crippen LogP contribution >= 0.6 is 0 Å². The Morgan fingerprint density at radius 1 is 1.11 bits per heavy atom. The summed E-state index contributed by atoms with van der Waals surface area (Å²) in [5.41, 5.74) is 8.24. The monoisotopic (exact) mass is 256 g/mol. The molecule has 0 spiro atoms. The molecule has 2 N–H and O–H groups in total. The number of nitrogens with two attached hydrogens (primary N) is 1. The van der Waals surface area contributed by atoms with Crippen molar-refractivity contribution in [3.8, 4) is 0 Å². The largest absolute Gasteiger partial charge is 0.399 e. The van der Waals surface area contributed by atoms with Crippen LogP contribution in [0.4, 0.5) is 22.7 Å². The Balaban J connectivity index is 2.23. The lowest BCUT2D eigenvalue weighted by Gasteiger charge is -1.99. The summed E-state index contributed by atoms with van der Waals surface area (Å²) in [6.45, 7) is 1.75. The van der Waals surface area contributed by atoms with E-state index in [0.717, 1.165) is 0 Å². The summed E-state index contributed by atoms with van der Waals surface area (Å²) in [5.74, 6) is 0. The van der Waals surface area contributed by atoms with Crippen molar-refractivity contribution in [2.45, 2.75) is 6.92 Å². The molecule has 96 valence electrons. The van der Waals surface area contributed by atoms with Gasteiger partial charge in [-0.25, -0.2) is 0 Å². The van der Waals surface area contributed by atoms with Crippen LogP contribution in [-0.4, -0.2) is 4.92 Å². The molecule has 2 rings (SSSR count). The maximum atomic E-state index is 10.6. The van der Waals surface area contributed by atoms with E-state index in [1.54, 1.807) is 37.3 Å². The Morgan fingerprint density at radius 2 is 1.79 bits per heavy atom. The number of hydrogen-bond acceptors (Lipinski definition) is 5. The fraction of sp³-hybridized carbons (Fsp3) is 0.0769. The minimum absolute atomic E-state index is 0.0453. The van der Waals surface area contributed by atoms with Gasteiger partial charge in [0.25, 0.3) is 5.69 Å². The van der Waals surface area contributed by atoms with Gasteiger partial charge in [-0.1, -0.05) is 0 Å². The molecule has 2 aromatic rings. The minimum Gasteiger partial charge on any atom is -0.399 e. The molecule has 0 saturated heterocycles. The normalized spacial score (nSPS) is 10.8. The molecule has 0 aromatic heterocycles. The van der Waals surface area contributed by atoms with Gasteiger partial charge in [-0.15, -0.1) is 0 Å². The first-order valence-corrected chi connectivity index (χ1v) is 5.58. The highest BCUT2D eigenvalue weighted by Crippen LogP contribution is 2.25. The lowest BCUT2D eigenvalue weighted by molar-refractivity contribution is -0.384. The van der Waals surface area contributed by atoms with E-state index in [2.05, 4.69) is 10.2 Å². The summed E-state index contributed by atoms with van der Waals surface area (Å²) >= 11 is 0. The average Bonchev–Trinajstić information content (AvgIpc) is 2.39. The number of aryl methyl sites for hydroxylation is 1. The molecular weight excluding hydrogens is 244 g/mol. The van der Waals surface area contributed by atoms with E-state index in [1.807, 2.05) is 0 Å². The standard InChI is InChI=1S/C13H12N4O2/c1-9-8-12(17(18)19)6-7-13(9)16-15-11-4-2-10(14)3-5-11/h2-8H,14H2,1H3. The smallest absolute Gasteiger partial charge is 0.269 e. The van der Waals surface area contributed by atoms with Crippen LogP contribution in [0, 0.1) is 17.0 Å². The number of benzene rings is 2. The second-order valence-electron chi connectivity index (χ2n) is 4.02. The summed E-state index contributed by atoms with van der Waals surface area (Å²) in [4.78, 5) is 10.2. The zero-order valence-electron chi connectivity index (χ0n) is 10.3. The lowest BCUT2D eigenvalue weighted by Crippen LogP contribution is -1.87. The van der Waals surface area contributed by atoms with Crippen molar-refractivity contribution in [1.82, 2.24) is 0 Å². The number of nitrogen functional groups attached to an aromatic ring is 1. The molecule has 19 heavy (non-hydrogen) atoms. The predicted molar refractivity (Wildman–Crippen MR) is 72.9 cm³/mol. The second kappa shape index (κ2) is 5.26. The highest BCUT2D eigenvalue weighted by Gasteiger charge is 2.07. The third-order valence-electron chi connectivity index (χ3n) is 2.56. The Kier molecular flexibility index (Phi) is 3.51. The van der Waals surface area contributed by atoms with Gasteiger partial charge in [0.2, 0.25) is 0 Å². The van der Waals surface area contributed by atoms with Gasteiger partial charge in [0.15, 0.2) is 0 Å². The van der Waals surface area contributed by atoms with Gasteiger partial charge in [-0.05, 0) is 42.8 Å². The van der Waals surface area contributed by atoms with Crippen LogP contribution in [0.15, 0.2) is 52.7 Å². The molecule has 2 aromatic carbocycles. The molecule has 0 bridgehead atoms. The molecule has 0 fully saturated rings. The van der Waals surface area contributed by atoms with Crippen LogP contribution in [-0.2, 0) is 0 Å². The highest BCUT2D eigenvalue weighted by molar-refractivity contribution is 5.52. The van der Waals surface area contributed by atoms with Crippen LogP contribution in [0.5, 0.6) is 0 Å². The maximum absolute atomic E-state index is 10.6. The molecule has 6 heteroatoms. The number of nitro benzene ring substituents is 1. The number of rotatable bonds is 3. The Labute approximate surface area is 109 Å². The number of anilines is 1. The SMILES string of the molecule is Cc1cc([N+](=O)[O-])ccc1N=Nc1ccc(N)cc1. The van der Waals surface area contributed by atoms with Crippen LogP contribution < -0.4 is 5.73 Å². The van der Waals surface area contributed by atoms with Gasteiger partial charge in [0, 0.05) is 17.8 Å². The van der Waals surface area contributed by atoms with Crippen molar-refractivity contribution in [3.05, 3.63) is 58.1 Å². The molecule has 0 unspecified atom stereocenters. The van der Waals surface area contributed by atoms with Crippen LogP contribution in [0.2, 0.25) is 0 Å². The van der Waals surface area contributed by atoms with Gasteiger partial charge in [-0.2, -0.15) is 10.2 Å². The summed E-state index contributed by atoms with van der Waals surface area (Å²) in [5, 5.41) is 18.7. The van der Waals surface area contributed by atoms with Crippen molar-refractivity contribution in [1.29, 1.82) is 0 Å². The molecule has 0 atom stereocenters. The molecule has 0 aliphatic carbocycles. The second-order valence-corrected chi connectivity index (χ2v) is 4.02. The van der Waals surface area contributed by atoms with E-state index in [-0.39, 0.29) is 5.69 Å². The van der Waals surface area contributed by atoms with E-state index >= 15 is 0 Å². The average molecular weight is 256 g/mol. The minimum atomic E-state index is -0.437. The van der Waals surface area contributed by atoms with Gasteiger partial charge in [0.1, 0.15) is 0 Å². The van der Waals surface area contributed by atoms with E-state index in [0.29, 0.717) is 22.6 Å². The summed E-state index contributed by atoms with van der Waals surface area (Å²) in [6, 6.07) is 11.4. The van der Waals surface area contributed by atoms with Crippen LogP contribution in [0.1, 0.15) is 5.56 Å². The fourth-order valence-corrected chi connectivity index (χ4v) is 1.52. The van der Waals surface area contributed by atoms with Crippen molar-refractivity contribution in [3.63, 3.8) is 0 Å². The van der Waals surface area contributed by atoms with Crippen molar-refractivity contribution in [2.24, 2.45) is 10.2 Å². The summed E-state index contributed by atoms with van der Waals surface area (Å²) < 4.78 is 0. The van der Waals surface area contributed by atoms with E-state index in [4.69, 9.17) is 5.73 Å². The third-order valence-corrected chi connectivity index (χ3v) is 2.56. The maximum Gasteiger partial charge on any atom is 0.269 e. The zero-order valence-corrected chi connectivity index (χ0v) is 10.3. The number of non-ortho nitro benzene ring substituents is 1. The van der Waals surface area contributed by atoms with Gasteiger partial charge in [0.05, 0.1) is 16.3 Å². The Morgan fingerprint density at radius 3 is 2.37 bits per heavy atom. The molecule has 0 saturated carbocycles. The Hall–Kier alpha value is -2.76. The highest BCUT2D eigenvalue weighted by atomic mass is 16.6. The molecule has 0 radical (unpaired) electrons. The first-order valence-electron chi connectivity index (χ1n) is 5.58. The van der Waals surface area contributed by atoms with Crippen molar-refractivity contribution >= 4 is 22.7 Å². The summed E-state index contributed by atoms with van der Waals surface area (Å²) in [7, 11) is 0. The molecule has 0 aliphatic rings. The number of nitrogens with zero attached hydrogens (tertiary/aromatic N) is 3. The molecule has 0 amide bonds. The summed E-state index contributed by atoms with van der Waals surface area (Å²) in [6.07, 6.45) is 0. The molecule has 0 aliphatic heterocycles. The zero-order chi connectivity index (χ0) is 13.8. The van der Waals surface area contributed by atoms with E-state index < -0.39 is 4.92 Å². The van der Waals surface area contributed by atoms with Crippen molar-refractivity contribution in [2.75, 3.05) is 5.73 Å². The van der Waals surface area contributed by atoms with Crippen LogP contribution in [0.3, 0.4) is 0 Å². The lowest BCUT2D eigenvalue weighted by atomic mass is 10.2. The first-order chi connectivity index (χ1) is 9.06. The number of hydrogen-bond donors (Lipinski definition) is 1. The number of nitro groups is 1.